The number of nitrogens with zero attached hydrogens (tertiary/aromatic N) is 3. The summed E-state index contributed by atoms with van der Waals surface area (Å²) in [5.74, 6) is -0.298. The number of benzene rings is 1. The van der Waals surface area contributed by atoms with Crippen molar-refractivity contribution in [3.8, 4) is 11.8 Å². The third kappa shape index (κ3) is 2.12. The standard InChI is InChI=1S/C14H14FN3/c1-14(2,3)13-12(8-16)18(9-17-13)11-6-4-10(15)5-7-11/h4-7,9H,1-3H3. The highest BCUT2D eigenvalue weighted by Gasteiger charge is 2.23. The number of hydrogen-bond donors (Lipinski definition) is 0. The maximum Gasteiger partial charge on any atom is 0.148 e. The number of halogens is 1. The van der Waals surface area contributed by atoms with E-state index in [1.165, 1.54) is 12.1 Å². The highest BCUT2D eigenvalue weighted by molar-refractivity contribution is 5.42. The van der Waals surface area contributed by atoms with E-state index in [0.717, 1.165) is 11.4 Å². The minimum absolute atomic E-state index is 0.198. The van der Waals surface area contributed by atoms with Gasteiger partial charge in [-0.3, -0.25) is 4.57 Å². The van der Waals surface area contributed by atoms with Gasteiger partial charge < -0.3 is 0 Å². The summed E-state index contributed by atoms with van der Waals surface area (Å²) in [7, 11) is 0. The molecule has 0 atom stereocenters. The van der Waals surface area contributed by atoms with Gasteiger partial charge in [-0.25, -0.2) is 9.37 Å². The molecular formula is C14H14FN3. The Morgan fingerprint density at radius 1 is 1.22 bits per heavy atom. The molecule has 1 heterocycles. The summed E-state index contributed by atoms with van der Waals surface area (Å²) in [5, 5.41) is 9.28. The minimum Gasteiger partial charge on any atom is -0.290 e. The van der Waals surface area contributed by atoms with Crippen molar-refractivity contribution >= 4 is 0 Å². The van der Waals surface area contributed by atoms with E-state index < -0.39 is 0 Å². The van der Waals surface area contributed by atoms with Gasteiger partial charge in [-0.15, -0.1) is 0 Å². The minimum atomic E-state index is -0.298. The van der Waals surface area contributed by atoms with Crippen molar-refractivity contribution in [2.75, 3.05) is 0 Å². The maximum atomic E-state index is 12.9. The van der Waals surface area contributed by atoms with Crippen LogP contribution in [0.5, 0.6) is 0 Å². The van der Waals surface area contributed by atoms with Crippen LogP contribution in [0.1, 0.15) is 32.2 Å². The average molecular weight is 243 g/mol. The maximum absolute atomic E-state index is 12.9. The first kappa shape index (κ1) is 12.3. The lowest BCUT2D eigenvalue weighted by Gasteiger charge is -2.16. The number of nitriles is 1. The molecular weight excluding hydrogens is 229 g/mol. The quantitative estimate of drug-likeness (QED) is 0.771. The highest BCUT2D eigenvalue weighted by atomic mass is 19.1. The molecule has 0 N–H and O–H groups in total. The van der Waals surface area contributed by atoms with Crippen LogP contribution >= 0.6 is 0 Å². The van der Waals surface area contributed by atoms with Crippen molar-refractivity contribution in [3.05, 3.63) is 47.8 Å². The Labute approximate surface area is 106 Å². The molecule has 0 aliphatic rings. The summed E-state index contributed by atoms with van der Waals surface area (Å²) in [6.07, 6.45) is 1.60. The summed E-state index contributed by atoms with van der Waals surface area (Å²) in [6.45, 7) is 6.02. The Hall–Kier alpha value is -2.15. The second-order valence-corrected chi connectivity index (χ2v) is 5.15. The third-order valence-corrected chi connectivity index (χ3v) is 2.69. The summed E-state index contributed by atoms with van der Waals surface area (Å²) >= 11 is 0. The molecule has 0 fully saturated rings. The molecule has 4 heteroatoms. The predicted molar refractivity (Wildman–Crippen MR) is 66.9 cm³/mol. The van der Waals surface area contributed by atoms with E-state index in [-0.39, 0.29) is 11.2 Å². The Bertz CT molecular complexity index is 597. The first-order chi connectivity index (χ1) is 8.43. The number of aromatic nitrogens is 2. The predicted octanol–water partition coefficient (Wildman–Crippen LogP) is 3.18. The first-order valence-corrected chi connectivity index (χ1v) is 5.67. The van der Waals surface area contributed by atoms with E-state index in [1.807, 2.05) is 20.8 Å². The zero-order valence-corrected chi connectivity index (χ0v) is 10.6. The third-order valence-electron chi connectivity index (χ3n) is 2.69. The molecule has 0 spiro atoms. The van der Waals surface area contributed by atoms with Crippen LogP contribution in [0.15, 0.2) is 30.6 Å². The molecule has 0 radical (unpaired) electrons. The Morgan fingerprint density at radius 3 is 2.33 bits per heavy atom. The lowest BCUT2D eigenvalue weighted by atomic mass is 9.91. The van der Waals surface area contributed by atoms with E-state index in [4.69, 9.17) is 0 Å². The summed E-state index contributed by atoms with van der Waals surface area (Å²) < 4.78 is 14.6. The average Bonchev–Trinajstić information content (AvgIpc) is 2.73. The van der Waals surface area contributed by atoms with Crippen LogP contribution in [0.2, 0.25) is 0 Å². The van der Waals surface area contributed by atoms with Gasteiger partial charge in [0.2, 0.25) is 0 Å². The zero-order chi connectivity index (χ0) is 13.3. The van der Waals surface area contributed by atoms with Gasteiger partial charge in [-0.05, 0) is 24.3 Å². The smallest absolute Gasteiger partial charge is 0.148 e. The Kier molecular flexibility index (Phi) is 2.92. The molecule has 92 valence electrons. The molecule has 0 amide bonds. The molecule has 0 aliphatic carbocycles. The van der Waals surface area contributed by atoms with Gasteiger partial charge in [0.15, 0.2) is 0 Å². The van der Waals surface area contributed by atoms with Gasteiger partial charge in [0.05, 0.1) is 5.69 Å². The fourth-order valence-electron chi connectivity index (χ4n) is 1.80. The van der Waals surface area contributed by atoms with E-state index in [9.17, 15) is 9.65 Å². The number of rotatable bonds is 1. The molecule has 18 heavy (non-hydrogen) atoms. The van der Waals surface area contributed by atoms with Crippen LogP contribution in [-0.4, -0.2) is 9.55 Å². The van der Waals surface area contributed by atoms with Crippen LogP contribution in [0.3, 0.4) is 0 Å². The first-order valence-electron chi connectivity index (χ1n) is 5.67. The van der Waals surface area contributed by atoms with E-state index in [0.29, 0.717) is 5.69 Å². The summed E-state index contributed by atoms with van der Waals surface area (Å²) in [6, 6.07) is 8.17. The lowest BCUT2D eigenvalue weighted by molar-refractivity contribution is 0.570. The van der Waals surface area contributed by atoms with Crippen molar-refractivity contribution in [3.63, 3.8) is 0 Å². The van der Waals surface area contributed by atoms with Gasteiger partial charge in [-0.2, -0.15) is 5.26 Å². The topological polar surface area (TPSA) is 41.6 Å². The molecule has 2 rings (SSSR count). The van der Waals surface area contributed by atoms with Crippen LogP contribution in [0.4, 0.5) is 4.39 Å². The van der Waals surface area contributed by atoms with Crippen molar-refractivity contribution < 1.29 is 4.39 Å². The van der Waals surface area contributed by atoms with Crippen LogP contribution < -0.4 is 0 Å². The largest absolute Gasteiger partial charge is 0.290 e. The van der Waals surface area contributed by atoms with Gasteiger partial charge in [0, 0.05) is 11.1 Å². The van der Waals surface area contributed by atoms with Crippen molar-refractivity contribution in [2.24, 2.45) is 0 Å². The molecule has 2 aromatic rings. The molecule has 0 saturated carbocycles. The SMILES string of the molecule is CC(C)(C)c1ncn(-c2ccc(F)cc2)c1C#N. The van der Waals surface area contributed by atoms with Crippen molar-refractivity contribution in [2.45, 2.75) is 26.2 Å². The molecule has 3 nitrogen and oxygen atoms in total. The monoisotopic (exact) mass is 243 g/mol. The van der Waals surface area contributed by atoms with Gasteiger partial charge in [0.25, 0.3) is 0 Å². The second-order valence-electron chi connectivity index (χ2n) is 5.15. The van der Waals surface area contributed by atoms with Gasteiger partial charge >= 0.3 is 0 Å². The highest BCUT2D eigenvalue weighted by Crippen LogP contribution is 2.25. The molecule has 0 aliphatic heterocycles. The normalized spacial score (nSPS) is 11.3. The Balaban J connectivity index is 2.57. The lowest BCUT2D eigenvalue weighted by Crippen LogP contribution is -2.14. The second kappa shape index (κ2) is 4.26. The van der Waals surface area contributed by atoms with Crippen LogP contribution in [0.25, 0.3) is 5.69 Å². The van der Waals surface area contributed by atoms with Crippen molar-refractivity contribution in [1.82, 2.24) is 9.55 Å². The van der Waals surface area contributed by atoms with Crippen LogP contribution in [-0.2, 0) is 5.41 Å². The van der Waals surface area contributed by atoms with E-state index in [1.54, 1.807) is 23.0 Å². The Morgan fingerprint density at radius 2 is 1.83 bits per heavy atom. The van der Waals surface area contributed by atoms with Gasteiger partial charge in [-0.1, -0.05) is 20.8 Å². The summed E-state index contributed by atoms with van der Waals surface area (Å²) in [5.41, 5.74) is 1.77. The molecule has 0 saturated heterocycles. The number of imidazole rings is 1. The zero-order valence-electron chi connectivity index (χ0n) is 10.6. The van der Waals surface area contributed by atoms with Crippen LogP contribution in [0, 0.1) is 17.1 Å². The van der Waals surface area contributed by atoms with E-state index >= 15 is 0 Å². The summed E-state index contributed by atoms with van der Waals surface area (Å²) in [4.78, 5) is 4.30. The molecule has 1 aromatic heterocycles. The van der Waals surface area contributed by atoms with E-state index in [2.05, 4.69) is 11.1 Å². The fourth-order valence-corrected chi connectivity index (χ4v) is 1.80. The fraction of sp³-hybridized carbons (Fsp3) is 0.286. The molecule has 0 unspecified atom stereocenters. The van der Waals surface area contributed by atoms with Crippen molar-refractivity contribution in [1.29, 1.82) is 5.26 Å². The molecule has 1 aromatic carbocycles. The van der Waals surface area contributed by atoms with Gasteiger partial charge in [0.1, 0.15) is 23.9 Å². The molecule has 0 bridgehead atoms. The number of hydrogen-bond acceptors (Lipinski definition) is 2.